The zero-order valence-electron chi connectivity index (χ0n) is 14.2. The number of hydrogen-bond donors (Lipinski definition) is 1. The van der Waals surface area contributed by atoms with Crippen LogP contribution in [0.2, 0.25) is 0 Å². The van der Waals surface area contributed by atoms with Crippen LogP contribution in [0.5, 0.6) is 0 Å². The first kappa shape index (κ1) is 16.8. The topological polar surface area (TPSA) is 41.6 Å². The number of alkyl carbamates (subject to hydrolysis) is 1. The molecule has 1 N–H and O–H groups in total. The summed E-state index contributed by atoms with van der Waals surface area (Å²) in [6.07, 6.45) is 0.734. The van der Waals surface area contributed by atoms with Crippen molar-refractivity contribution in [3.63, 3.8) is 0 Å². The van der Waals surface area contributed by atoms with Crippen LogP contribution in [0.15, 0.2) is 30.3 Å². The van der Waals surface area contributed by atoms with Gasteiger partial charge in [-0.1, -0.05) is 37.3 Å². The van der Waals surface area contributed by atoms with Crippen LogP contribution in [0.1, 0.15) is 39.7 Å². The van der Waals surface area contributed by atoms with Gasteiger partial charge < -0.3 is 10.1 Å². The Hall–Kier alpha value is -1.55. The van der Waals surface area contributed by atoms with Crippen molar-refractivity contribution >= 4 is 6.09 Å². The Morgan fingerprint density at radius 3 is 2.64 bits per heavy atom. The molecular formula is C18H28N2O2. The molecule has 0 aliphatic carbocycles. The molecule has 4 heteroatoms. The van der Waals surface area contributed by atoms with Crippen molar-refractivity contribution < 1.29 is 9.53 Å². The van der Waals surface area contributed by atoms with Gasteiger partial charge in [-0.2, -0.15) is 0 Å². The molecule has 1 unspecified atom stereocenters. The number of likely N-dealkylation sites (tertiary alicyclic amines) is 1. The first-order chi connectivity index (χ1) is 10.3. The molecule has 0 aromatic heterocycles. The summed E-state index contributed by atoms with van der Waals surface area (Å²) in [5, 5.41) is 2.84. The largest absolute Gasteiger partial charge is 0.449 e. The van der Waals surface area contributed by atoms with Gasteiger partial charge in [0.2, 0.25) is 0 Å². The monoisotopic (exact) mass is 304 g/mol. The first-order valence-electron chi connectivity index (χ1n) is 7.97. The highest BCUT2D eigenvalue weighted by atomic mass is 16.5. The molecule has 0 saturated carbocycles. The highest BCUT2D eigenvalue weighted by molar-refractivity contribution is 5.68. The third-order valence-corrected chi connectivity index (χ3v) is 3.91. The fourth-order valence-corrected chi connectivity index (χ4v) is 2.80. The van der Waals surface area contributed by atoms with Gasteiger partial charge in [0, 0.05) is 24.0 Å². The van der Waals surface area contributed by atoms with Crippen LogP contribution in [0, 0.1) is 5.41 Å². The highest BCUT2D eigenvalue weighted by Gasteiger charge is 2.35. The molecule has 1 aromatic carbocycles. The van der Waals surface area contributed by atoms with E-state index in [1.807, 2.05) is 26.8 Å². The van der Waals surface area contributed by atoms with Crippen LogP contribution in [0.4, 0.5) is 4.79 Å². The molecule has 4 nitrogen and oxygen atoms in total. The van der Waals surface area contributed by atoms with Crippen LogP contribution < -0.4 is 5.32 Å². The summed E-state index contributed by atoms with van der Waals surface area (Å²) in [5.41, 5.74) is 1.12. The number of nitrogens with one attached hydrogen (secondary N) is 1. The predicted molar refractivity (Wildman–Crippen MR) is 88.7 cm³/mol. The minimum atomic E-state index is -0.324. The summed E-state index contributed by atoms with van der Waals surface area (Å²) in [4.78, 5) is 14.2. The molecule has 1 atom stereocenters. The predicted octanol–water partition coefficient (Wildman–Crippen LogP) is 3.42. The molecule has 0 bridgehead atoms. The van der Waals surface area contributed by atoms with E-state index < -0.39 is 0 Å². The third-order valence-electron chi connectivity index (χ3n) is 3.91. The maximum Gasteiger partial charge on any atom is 0.407 e. The van der Waals surface area contributed by atoms with Crippen LogP contribution in [0.3, 0.4) is 0 Å². The minimum absolute atomic E-state index is 0.0456. The Balaban J connectivity index is 1.79. The van der Waals surface area contributed by atoms with E-state index in [4.69, 9.17) is 4.74 Å². The highest BCUT2D eigenvalue weighted by Crippen LogP contribution is 2.31. The van der Waals surface area contributed by atoms with Crippen molar-refractivity contribution in [3.8, 4) is 0 Å². The Morgan fingerprint density at radius 1 is 1.32 bits per heavy atom. The maximum absolute atomic E-state index is 11.8. The number of benzene rings is 1. The second-order valence-corrected chi connectivity index (χ2v) is 7.71. The maximum atomic E-state index is 11.8. The fourth-order valence-electron chi connectivity index (χ4n) is 2.80. The van der Waals surface area contributed by atoms with Crippen molar-refractivity contribution in [2.24, 2.45) is 5.41 Å². The molecule has 1 fully saturated rings. The standard InChI is InChI=1S/C18H28N2O2/c1-17(2,3)19-16(21)22-14-18(4)10-11-20(13-18)12-15-8-6-5-7-9-15/h5-9H,10-14H2,1-4H3,(H,19,21). The zero-order chi connectivity index (χ0) is 16.2. The fraction of sp³-hybridized carbons (Fsp3) is 0.611. The summed E-state index contributed by atoms with van der Waals surface area (Å²) >= 11 is 0. The van der Waals surface area contributed by atoms with Crippen LogP contribution >= 0.6 is 0 Å². The van der Waals surface area contributed by atoms with Crippen LogP contribution in [0.25, 0.3) is 0 Å². The molecule has 1 heterocycles. The van der Waals surface area contributed by atoms with Crippen molar-refractivity contribution in [1.29, 1.82) is 0 Å². The van der Waals surface area contributed by atoms with Gasteiger partial charge in [-0.25, -0.2) is 4.79 Å². The van der Waals surface area contributed by atoms with Crippen molar-refractivity contribution in [3.05, 3.63) is 35.9 Å². The van der Waals surface area contributed by atoms with Gasteiger partial charge in [0.15, 0.2) is 0 Å². The van der Waals surface area contributed by atoms with Gasteiger partial charge >= 0.3 is 6.09 Å². The van der Waals surface area contributed by atoms with E-state index >= 15 is 0 Å². The van der Waals surface area contributed by atoms with E-state index in [1.54, 1.807) is 0 Å². The first-order valence-corrected chi connectivity index (χ1v) is 7.97. The van der Waals surface area contributed by atoms with E-state index in [9.17, 15) is 4.79 Å². The zero-order valence-corrected chi connectivity index (χ0v) is 14.2. The lowest BCUT2D eigenvalue weighted by molar-refractivity contribution is 0.0875. The Morgan fingerprint density at radius 2 is 2.00 bits per heavy atom. The van der Waals surface area contributed by atoms with Gasteiger partial charge in [0.1, 0.15) is 0 Å². The number of ether oxygens (including phenoxy) is 1. The minimum Gasteiger partial charge on any atom is -0.449 e. The Bertz CT molecular complexity index is 496. The number of amides is 1. The van der Waals surface area contributed by atoms with Crippen molar-refractivity contribution in [2.45, 2.75) is 46.2 Å². The molecule has 1 aliphatic heterocycles. The molecule has 1 aromatic rings. The van der Waals surface area contributed by atoms with Crippen LogP contribution in [-0.4, -0.2) is 36.2 Å². The van der Waals surface area contributed by atoms with Crippen molar-refractivity contribution in [2.75, 3.05) is 19.7 Å². The number of hydrogen-bond acceptors (Lipinski definition) is 3. The number of nitrogens with zero attached hydrogens (tertiary/aromatic N) is 1. The number of carbonyl (C=O) groups excluding carboxylic acids is 1. The summed E-state index contributed by atoms with van der Waals surface area (Å²) < 4.78 is 5.43. The summed E-state index contributed by atoms with van der Waals surface area (Å²) in [5.74, 6) is 0. The molecule has 122 valence electrons. The second kappa shape index (κ2) is 6.69. The van der Waals surface area contributed by atoms with E-state index in [1.165, 1.54) is 5.56 Å². The molecule has 1 amide bonds. The summed E-state index contributed by atoms with van der Waals surface area (Å²) in [6.45, 7) is 11.5. The van der Waals surface area contributed by atoms with Gasteiger partial charge in [-0.05, 0) is 39.3 Å². The smallest absolute Gasteiger partial charge is 0.407 e. The van der Waals surface area contributed by atoms with E-state index in [-0.39, 0.29) is 17.0 Å². The number of carbonyl (C=O) groups is 1. The molecule has 1 aliphatic rings. The molecule has 0 spiro atoms. The summed E-state index contributed by atoms with van der Waals surface area (Å²) in [6, 6.07) is 10.5. The van der Waals surface area contributed by atoms with Crippen LogP contribution in [-0.2, 0) is 11.3 Å². The van der Waals surface area contributed by atoms with E-state index in [0.29, 0.717) is 6.61 Å². The molecular weight excluding hydrogens is 276 g/mol. The average molecular weight is 304 g/mol. The molecule has 22 heavy (non-hydrogen) atoms. The average Bonchev–Trinajstić information content (AvgIpc) is 2.78. The molecule has 2 rings (SSSR count). The van der Waals surface area contributed by atoms with Crippen molar-refractivity contribution in [1.82, 2.24) is 10.2 Å². The number of rotatable bonds is 4. The Kier molecular flexibility index (Phi) is 5.12. The summed E-state index contributed by atoms with van der Waals surface area (Å²) in [7, 11) is 0. The van der Waals surface area contributed by atoms with Gasteiger partial charge in [-0.3, -0.25) is 4.90 Å². The second-order valence-electron chi connectivity index (χ2n) is 7.71. The Labute approximate surface area is 133 Å². The SMILES string of the molecule is CC1(COC(=O)NC(C)(C)C)CCN(Cc2ccccc2)C1. The lowest BCUT2D eigenvalue weighted by Crippen LogP contribution is -2.42. The van der Waals surface area contributed by atoms with E-state index in [0.717, 1.165) is 26.1 Å². The third kappa shape index (κ3) is 5.34. The van der Waals surface area contributed by atoms with Gasteiger partial charge in [-0.15, -0.1) is 0 Å². The van der Waals surface area contributed by atoms with Gasteiger partial charge in [0.25, 0.3) is 0 Å². The molecule has 1 saturated heterocycles. The normalized spacial score (nSPS) is 22.5. The van der Waals surface area contributed by atoms with Gasteiger partial charge in [0.05, 0.1) is 6.61 Å². The van der Waals surface area contributed by atoms with E-state index in [2.05, 4.69) is 41.4 Å². The lowest BCUT2D eigenvalue weighted by Gasteiger charge is -2.26. The lowest BCUT2D eigenvalue weighted by atomic mass is 9.91. The quantitative estimate of drug-likeness (QED) is 0.926. The molecule has 0 radical (unpaired) electrons.